The number of rotatable bonds is 0. The first-order chi connectivity index (χ1) is 6.84. The van der Waals surface area contributed by atoms with Crippen LogP contribution in [-0.4, -0.2) is 15.1 Å². The molecule has 0 aliphatic heterocycles. The number of aromatic amines is 1. The van der Waals surface area contributed by atoms with Gasteiger partial charge in [-0.3, -0.25) is 0 Å². The average molecular weight is 184 g/mol. The van der Waals surface area contributed by atoms with Crippen LogP contribution in [-0.2, 0) is 0 Å². The second-order valence-electron chi connectivity index (χ2n) is 3.25. The number of H-pyrrole nitrogens is 1. The summed E-state index contributed by atoms with van der Waals surface area (Å²) in [4.78, 5) is 7.36. The molecule has 0 atom stereocenters. The Morgan fingerprint density at radius 1 is 1.14 bits per heavy atom. The fourth-order valence-corrected chi connectivity index (χ4v) is 1.72. The molecule has 0 unspecified atom stereocenters. The summed E-state index contributed by atoms with van der Waals surface area (Å²) >= 11 is 0. The fourth-order valence-electron chi connectivity index (χ4n) is 1.72. The molecule has 0 saturated heterocycles. The van der Waals surface area contributed by atoms with E-state index in [2.05, 4.69) is 9.97 Å². The van der Waals surface area contributed by atoms with E-state index in [0.717, 1.165) is 21.9 Å². The smallest absolute Gasteiger partial charge is 0.138 e. The topological polar surface area (TPSA) is 48.9 Å². The van der Waals surface area contributed by atoms with Gasteiger partial charge in [0.1, 0.15) is 11.4 Å². The molecular weight excluding hydrogens is 176 g/mol. The van der Waals surface area contributed by atoms with Crippen LogP contribution in [0.3, 0.4) is 0 Å². The standard InChI is InChI=1S/C11H8N2O/c14-7-3-4-8-9-2-1-5-12-11(9)13-10(8)6-7/h1-6,14H,(H,12,13). The normalized spacial score (nSPS) is 11.1. The lowest BCUT2D eigenvalue weighted by Crippen LogP contribution is -1.71. The Hall–Kier alpha value is -2.03. The molecule has 3 heteroatoms. The molecule has 2 heterocycles. The number of nitrogens with one attached hydrogen (secondary N) is 1. The minimum Gasteiger partial charge on any atom is -0.508 e. The molecule has 3 nitrogen and oxygen atoms in total. The van der Waals surface area contributed by atoms with Gasteiger partial charge in [0.05, 0.1) is 5.52 Å². The molecule has 2 aromatic heterocycles. The minimum absolute atomic E-state index is 0.268. The van der Waals surface area contributed by atoms with Gasteiger partial charge in [0, 0.05) is 23.0 Å². The summed E-state index contributed by atoms with van der Waals surface area (Å²) in [6.45, 7) is 0. The van der Waals surface area contributed by atoms with E-state index in [1.807, 2.05) is 18.2 Å². The van der Waals surface area contributed by atoms with Gasteiger partial charge in [-0.1, -0.05) is 0 Å². The van der Waals surface area contributed by atoms with Gasteiger partial charge in [0.25, 0.3) is 0 Å². The maximum Gasteiger partial charge on any atom is 0.138 e. The van der Waals surface area contributed by atoms with Crippen LogP contribution in [0.5, 0.6) is 5.75 Å². The predicted octanol–water partition coefficient (Wildman–Crippen LogP) is 2.42. The van der Waals surface area contributed by atoms with Gasteiger partial charge in [-0.25, -0.2) is 4.98 Å². The van der Waals surface area contributed by atoms with Crippen molar-refractivity contribution in [2.75, 3.05) is 0 Å². The first-order valence-electron chi connectivity index (χ1n) is 4.40. The maximum atomic E-state index is 9.31. The number of phenolic OH excluding ortho intramolecular Hbond substituents is 1. The lowest BCUT2D eigenvalue weighted by atomic mass is 10.2. The molecule has 0 radical (unpaired) electrons. The Balaban J connectivity index is 2.57. The molecule has 3 aromatic rings. The summed E-state index contributed by atoms with van der Waals surface area (Å²) in [7, 11) is 0. The molecule has 68 valence electrons. The zero-order valence-electron chi connectivity index (χ0n) is 7.36. The zero-order chi connectivity index (χ0) is 9.54. The number of hydrogen-bond acceptors (Lipinski definition) is 2. The molecule has 14 heavy (non-hydrogen) atoms. The predicted molar refractivity (Wildman–Crippen MR) is 55.3 cm³/mol. The highest BCUT2D eigenvalue weighted by Gasteiger charge is 2.03. The fraction of sp³-hybridized carbons (Fsp3) is 0. The molecule has 0 amide bonds. The monoisotopic (exact) mass is 184 g/mol. The third-order valence-corrected chi connectivity index (χ3v) is 2.35. The molecular formula is C11H8N2O. The Labute approximate surface area is 80.0 Å². The molecule has 1 aromatic carbocycles. The summed E-state index contributed by atoms with van der Waals surface area (Å²) in [5.41, 5.74) is 1.77. The molecule has 0 saturated carbocycles. The molecule has 0 aliphatic carbocycles. The number of fused-ring (bicyclic) bond motifs is 3. The zero-order valence-corrected chi connectivity index (χ0v) is 7.36. The highest BCUT2D eigenvalue weighted by atomic mass is 16.3. The van der Waals surface area contributed by atoms with E-state index in [1.54, 1.807) is 18.3 Å². The van der Waals surface area contributed by atoms with Crippen molar-refractivity contribution in [2.45, 2.75) is 0 Å². The molecule has 0 spiro atoms. The van der Waals surface area contributed by atoms with E-state index in [-0.39, 0.29) is 5.75 Å². The third kappa shape index (κ3) is 0.893. The first kappa shape index (κ1) is 7.38. The highest BCUT2D eigenvalue weighted by Crippen LogP contribution is 2.26. The van der Waals surface area contributed by atoms with Crippen LogP contribution in [0, 0.1) is 0 Å². The molecule has 3 rings (SSSR count). The minimum atomic E-state index is 0.268. The maximum absolute atomic E-state index is 9.31. The quantitative estimate of drug-likeness (QED) is 0.563. The van der Waals surface area contributed by atoms with Gasteiger partial charge in [-0.2, -0.15) is 0 Å². The van der Waals surface area contributed by atoms with Crippen LogP contribution in [0.2, 0.25) is 0 Å². The molecule has 2 N–H and O–H groups in total. The van der Waals surface area contributed by atoms with E-state index in [9.17, 15) is 5.11 Å². The second-order valence-corrected chi connectivity index (χ2v) is 3.25. The lowest BCUT2D eigenvalue weighted by molar-refractivity contribution is 0.476. The lowest BCUT2D eigenvalue weighted by Gasteiger charge is -1.91. The van der Waals surface area contributed by atoms with Gasteiger partial charge in [0.15, 0.2) is 0 Å². The van der Waals surface area contributed by atoms with Gasteiger partial charge in [-0.05, 0) is 24.3 Å². The van der Waals surface area contributed by atoms with Crippen molar-refractivity contribution in [3.8, 4) is 5.75 Å². The molecule has 0 fully saturated rings. The van der Waals surface area contributed by atoms with Crippen molar-refractivity contribution in [3.63, 3.8) is 0 Å². The van der Waals surface area contributed by atoms with Crippen molar-refractivity contribution in [1.82, 2.24) is 9.97 Å². The Bertz CT molecular complexity index is 613. The van der Waals surface area contributed by atoms with Crippen LogP contribution < -0.4 is 0 Å². The Kier molecular flexibility index (Phi) is 1.31. The number of phenols is 1. The number of hydrogen-bond donors (Lipinski definition) is 2. The van der Waals surface area contributed by atoms with Crippen LogP contribution in [0.1, 0.15) is 0 Å². The van der Waals surface area contributed by atoms with Gasteiger partial charge >= 0.3 is 0 Å². The summed E-state index contributed by atoms with van der Waals surface area (Å²) in [6.07, 6.45) is 1.75. The van der Waals surface area contributed by atoms with Crippen LogP contribution in [0.4, 0.5) is 0 Å². The van der Waals surface area contributed by atoms with E-state index < -0.39 is 0 Å². The SMILES string of the molecule is Oc1ccc2c(c1)[nH]c1ncccc12. The average Bonchev–Trinajstić information content (AvgIpc) is 2.54. The van der Waals surface area contributed by atoms with Crippen molar-refractivity contribution in [1.29, 1.82) is 0 Å². The summed E-state index contributed by atoms with van der Waals surface area (Å²) in [6, 6.07) is 9.20. The number of nitrogens with zero attached hydrogens (tertiary/aromatic N) is 1. The molecule has 0 bridgehead atoms. The summed E-state index contributed by atoms with van der Waals surface area (Å²) in [5, 5.41) is 11.5. The summed E-state index contributed by atoms with van der Waals surface area (Å²) < 4.78 is 0. The number of benzene rings is 1. The first-order valence-corrected chi connectivity index (χ1v) is 4.40. The van der Waals surface area contributed by atoms with Crippen molar-refractivity contribution < 1.29 is 5.11 Å². The Morgan fingerprint density at radius 3 is 3.00 bits per heavy atom. The number of pyridine rings is 1. The van der Waals surface area contributed by atoms with E-state index in [1.165, 1.54) is 0 Å². The van der Waals surface area contributed by atoms with Crippen molar-refractivity contribution >= 4 is 21.9 Å². The number of aromatic hydroxyl groups is 1. The van der Waals surface area contributed by atoms with Crippen LogP contribution in [0.25, 0.3) is 21.9 Å². The summed E-state index contributed by atoms with van der Waals surface area (Å²) in [5.74, 6) is 0.268. The van der Waals surface area contributed by atoms with Crippen LogP contribution in [0.15, 0.2) is 36.5 Å². The van der Waals surface area contributed by atoms with E-state index in [0.29, 0.717) is 0 Å². The largest absolute Gasteiger partial charge is 0.508 e. The van der Waals surface area contributed by atoms with Gasteiger partial charge < -0.3 is 10.1 Å². The molecule has 0 aliphatic rings. The van der Waals surface area contributed by atoms with Crippen molar-refractivity contribution in [2.24, 2.45) is 0 Å². The second kappa shape index (κ2) is 2.48. The highest BCUT2D eigenvalue weighted by molar-refractivity contribution is 6.05. The third-order valence-electron chi connectivity index (χ3n) is 2.35. The number of aromatic nitrogens is 2. The van der Waals surface area contributed by atoms with E-state index >= 15 is 0 Å². The Morgan fingerprint density at radius 2 is 2.07 bits per heavy atom. The van der Waals surface area contributed by atoms with Gasteiger partial charge in [-0.15, -0.1) is 0 Å². The van der Waals surface area contributed by atoms with E-state index in [4.69, 9.17) is 0 Å². The van der Waals surface area contributed by atoms with Crippen molar-refractivity contribution in [3.05, 3.63) is 36.5 Å². The van der Waals surface area contributed by atoms with Crippen LogP contribution >= 0.6 is 0 Å². The van der Waals surface area contributed by atoms with Gasteiger partial charge in [0.2, 0.25) is 0 Å².